The minimum absolute atomic E-state index is 0.00556. The summed E-state index contributed by atoms with van der Waals surface area (Å²) in [4.78, 5) is 15.9. The van der Waals surface area contributed by atoms with Crippen molar-refractivity contribution in [1.82, 2.24) is 0 Å². The zero-order chi connectivity index (χ0) is 21.7. The number of anilines is 1. The zero-order valence-electron chi connectivity index (χ0n) is 17.4. The molecule has 0 saturated carbocycles. The molecule has 2 aliphatic rings. The fourth-order valence-electron chi connectivity index (χ4n) is 5.06. The van der Waals surface area contributed by atoms with E-state index in [1.165, 1.54) is 0 Å². The predicted octanol–water partition coefficient (Wildman–Crippen LogP) is 5.28. The Bertz CT molecular complexity index is 1350. The van der Waals surface area contributed by atoms with E-state index >= 15 is 0 Å². The lowest BCUT2D eigenvalue weighted by atomic mass is 9.77. The molecular weight excluding hydrogens is 398 g/mol. The average molecular weight is 419 g/mol. The molecule has 156 valence electrons. The molecule has 2 heterocycles. The standard InChI is InChI=1S/C28H21NO3/c30-21-14-15-24-26(16-21)32-18-28(24)23-12-6-7-13-25(23)29(27(28)31)17-20-10-4-5-11-22(20)19-8-2-1-3-9-19/h1-16,30H,17-18H2. The summed E-state index contributed by atoms with van der Waals surface area (Å²) in [5.74, 6) is 0.707. The van der Waals surface area contributed by atoms with E-state index in [2.05, 4.69) is 24.3 Å². The highest BCUT2D eigenvalue weighted by Gasteiger charge is 2.56. The summed E-state index contributed by atoms with van der Waals surface area (Å²) in [6.07, 6.45) is 0. The molecule has 0 saturated heterocycles. The van der Waals surface area contributed by atoms with Crippen molar-refractivity contribution >= 4 is 11.6 Å². The topological polar surface area (TPSA) is 49.8 Å². The van der Waals surface area contributed by atoms with Crippen LogP contribution in [0.25, 0.3) is 11.1 Å². The number of phenolic OH excluding ortho intramolecular Hbond substituents is 1. The highest BCUT2D eigenvalue weighted by molar-refractivity contribution is 6.11. The molecule has 4 nitrogen and oxygen atoms in total. The lowest BCUT2D eigenvalue weighted by Gasteiger charge is -2.24. The summed E-state index contributed by atoms with van der Waals surface area (Å²) >= 11 is 0. The summed E-state index contributed by atoms with van der Waals surface area (Å²) in [5.41, 5.74) is 5.11. The number of para-hydroxylation sites is 1. The van der Waals surface area contributed by atoms with Crippen LogP contribution in [0.5, 0.6) is 11.5 Å². The van der Waals surface area contributed by atoms with Crippen LogP contribution in [0.2, 0.25) is 0 Å². The molecule has 4 heteroatoms. The van der Waals surface area contributed by atoms with Crippen LogP contribution in [0.1, 0.15) is 16.7 Å². The zero-order valence-corrected chi connectivity index (χ0v) is 17.4. The van der Waals surface area contributed by atoms with Crippen LogP contribution in [0, 0.1) is 0 Å². The number of carbonyl (C=O) groups excluding carboxylic acids is 1. The van der Waals surface area contributed by atoms with Gasteiger partial charge in [0.1, 0.15) is 23.5 Å². The molecule has 0 radical (unpaired) electrons. The second kappa shape index (κ2) is 6.99. The molecule has 0 fully saturated rings. The molecule has 4 aromatic rings. The summed E-state index contributed by atoms with van der Waals surface area (Å²) < 4.78 is 5.93. The van der Waals surface area contributed by atoms with E-state index in [0.717, 1.165) is 33.5 Å². The first-order valence-corrected chi connectivity index (χ1v) is 10.7. The molecule has 32 heavy (non-hydrogen) atoms. The first-order valence-electron chi connectivity index (χ1n) is 10.7. The van der Waals surface area contributed by atoms with E-state index in [1.54, 1.807) is 12.1 Å². The largest absolute Gasteiger partial charge is 0.508 e. The van der Waals surface area contributed by atoms with E-state index in [9.17, 15) is 9.90 Å². The molecule has 4 aromatic carbocycles. The summed E-state index contributed by atoms with van der Waals surface area (Å²) in [7, 11) is 0. The minimum Gasteiger partial charge on any atom is -0.508 e. The van der Waals surface area contributed by atoms with E-state index in [1.807, 2.05) is 65.6 Å². The van der Waals surface area contributed by atoms with Crippen molar-refractivity contribution in [2.24, 2.45) is 0 Å². The first kappa shape index (κ1) is 18.7. The van der Waals surface area contributed by atoms with Crippen LogP contribution in [0.4, 0.5) is 5.69 Å². The molecule has 1 unspecified atom stereocenters. The molecule has 6 rings (SSSR count). The maximum absolute atomic E-state index is 14.1. The second-order valence-corrected chi connectivity index (χ2v) is 8.31. The molecule has 0 bridgehead atoms. The van der Waals surface area contributed by atoms with E-state index < -0.39 is 5.41 Å². The third kappa shape index (κ3) is 2.59. The fraction of sp³-hybridized carbons (Fsp3) is 0.107. The fourth-order valence-corrected chi connectivity index (χ4v) is 5.06. The molecule has 1 spiro atoms. The van der Waals surface area contributed by atoms with Gasteiger partial charge in [-0.15, -0.1) is 0 Å². The van der Waals surface area contributed by atoms with Gasteiger partial charge in [0.25, 0.3) is 0 Å². The molecule has 0 aliphatic carbocycles. The number of phenols is 1. The van der Waals surface area contributed by atoms with Gasteiger partial charge in [0.15, 0.2) is 0 Å². The van der Waals surface area contributed by atoms with E-state index in [-0.39, 0.29) is 18.3 Å². The Labute approximate surface area is 186 Å². The number of hydrogen-bond donors (Lipinski definition) is 1. The Morgan fingerprint density at radius 3 is 2.47 bits per heavy atom. The SMILES string of the molecule is O=C1N(Cc2ccccc2-c2ccccc2)c2ccccc2C12COc1cc(O)ccc12. The molecule has 2 aliphatic heterocycles. The van der Waals surface area contributed by atoms with Gasteiger partial charge < -0.3 is 14.7 Å². The molecule has 1 amide bonds. The number of fused-ring (bicyclic) bond motifs is 4. The number of hydrogen-bond acceptors (Lipinski definition) is 3. The number of nitrogens with zero attached hydrogens (tertiary/aromatic N) is 1. The molecule has 1 atom stereocenters. The van der Waals surface area contributed by atoms with Crippen molar-refractivity contribution in [2.75, 3.05) is 11.5 Å². The van der Waals surface area contributed by atoms with Gasteiger partial charge in [0, 0.05) is 17.3 Å². The molecular formula is C28H21NO3. The summed E-state index contributed by atoms with van der Waals surface area (Å²) in [6, 6.07) is 31.5. The van der Waals surface area contributed by atoms with Crippen LogP contribution in [-0.2, 0) is 16.8 Å². The number of ether oxygens (including phenoxy) is 1. The van der Waals surface area contributed by atoms with Gasteiger partial charge in [0.2, 0.25) is 5.91 Å². The maximum Gasteiger partial charge on any atom is 0.246 e. The highest BCUT2D eigenvalue weighted by atomic mass is 16.5. The van der Waals surface area contributed by atoms with Crippen molar-refractivity contribution in [1.29, 1.82) is 0 Å². The minimum atomic E-state index is -0.888. The summed E-state index contributed by atoms with van der Waals surface area (Å²) in [5, 5.41) is 9.90. The number of benzene rings is 4. The van der Waals surface area contributed by atoms with Crippen LogP contribution >= 0.6 is 0 Å². The Kier molecular flexibility index (Phi) is 4.08. The second-order valence-electron chi connectivity index (χ2n) is 8.31. The van der Waals surface area contributed by atoms with E-state index in [0.29, 0.717) is 12.3 Å². The Hall–Kier alpha value is -4.05. The average Bonchev–Trinajstić information content (AvgIpc) is 3.32. The summed E-state index contributed by atoms with van der Waals surface area (Å²) in [6.45, 7) is 0.703. The normalized spacial score (nSPS) is 18.5. The lowest BCUT2D eigenvalue weighted by Crippen LogP contribution is -2.42. The first-order chi connectivity index (χ1) is 15.7. The van der Waals surface area contributed by atoms with Crippen molar-refractivity contribution in [2.45, 2.75) is 12.0 Å². The number of aromatic hydroxyl groups is 1. The highest BCUT2D eigenvalue weighted by Crippen LogP contribution is 2.53. The van der Waals surface area contributed by atoms with Gasteiger partial charge in [-0.2, -0.15) is 0 Å². The molecule has 1 N–H and O–H groups in total. The number of amides is 1. The van der Waals surface area contributed by atoms with Gasteiger partial charge in [-0.3, -0.25) is 4.79 Å². The Morgan fingerprint density at radius 1 is 0.844 bits per heavy atom. The predicted molar refractivity (Wildman–Crippen MR) is 124 cm³/mol. The monoisotopic (exact) mass is 419 g/mol. The maximum atomic E-state index is 14.1. The Morgan fingerprint density at radius 2 is 1.59 bits per heavy atom. The lowest BCUT2D eigenvalue weighted by molar-refractivity contribution is -0.122. The van der Waals surface area contributed by atoms with Crippen molar-refractivity contribution in [3.63, 3.8) is 0 Å². The van der Waals surface area contributed by atoms with Crippen molar-refractivity contribution in [3.05, 3.63) is 114 Å². The number of carbonyl (C=O) groups is 1. The van der Waals surface area contributed by atoms with E-state index in [4.69, 9.17) is 4.74 Å². The van der Waals surface area contributed by atoms with Crippen LogP contribution < -0.4 is 9.64 Å². The smallest absolute Gasteiger partial charge is 0.246 e. The van der Waals surface area contributed by atoms with Gasteiger partial charge in [-0.1, -0.05) is 78.9 Å². The van der Waals surface area contributed by atoms with Gasteiger partial charge in [0.05, 0.1) is 6.54 Å². The third-order valence-corrected chi connectivity index (χ3v) is 6.56. The van der Waals surface area contributed by atoms with Crippen LogP contribution in [0.15, 0.2) is 97.1 Å². The molecule has 0 aromatic heterocycles. The quantitative estimate of drug-likeness (QED) is 0.491. The Balaban J connectivity index is 1.47. The third-order valence-electron chi connectivity index (χ3n) is 6.56. The van der Waals surface area contributed by atoms with Gasteiger partial charge in [-0.05, 0) is 34.4 Å². The number of rotatable bonds is 3. The van der Waals surface area contributed by atoms with Crippen LogP contribution in [-0.4, -0.2) is 17.6 Å². The van der Waals surface area contributed by atoms with Crippen molar-refractivity contribution < 1.29 is 14.6 Å². The van der Waals surface area contributed by atoms with Gasteiger partial charge >= 0.3 is 0 Å². The van der Waals surface area contributed by atoms with Crippen LogP contribution in [0.3, 0.4) is 0 Å². The van der Waals surface area contributed by atoms with Crippen molar-refractivity contribution in [3.8, 4) is 22.6 Å². The van der Waals surface area contributed by atoms with Gasteiger partial charge in [-0.25, -0.2) is 0 Å².